The quantitative estimate of drug-likeness (QED) is 0.774. The SMILES string of the molecule is Cl.NC(c1ccccc1)c1nc2ccccc2s1. The number of hydrogen-bond donors (Lipinski definition) is 1. The van der Waals surface area contributed by atoms with Crippen LogP contribution >= 0.6 is 23.7 Å². The normalized spacial score (nSPS) is 12.1. The van der Waals surface area contributed by atoms with Gasteiger partial charge in [-0.25, -0.2) is 4.98 Å². The summed E-state index contributed by atoms with van der Waals surface area (Å²) < 4.78 is 1.19. The van der Waals surface area contributed by atoms with Crippen molar-refractivity contribution >= 4 is 34.0 Å². The van der Waals surface area contributed by atoms with Gasteiger partial charge in [0.15, 0.2) is 0 Å². The fraction of sp³-hybridized carbons (Fsp3) is 0.0714. The molecule has 0 radical (unpaired) electrons. The second-order valence-electron chi connectivity index (χ2n) is 3.91. The van der Waals surface area contributed by atoms with E-state index in [1.165, 1.54) is 4.70 Å². The Morgan fingerprint density at radius 2 is 1.61 bits per heavy atom. The highest BCUT2D eigenvalue weighted by atomic mass is 35.5. The molecular weight excluding hydrogens is 264 g/mol. The largest absolute Gasteiger partial charge is 0.318 e. The summed E-state index contributed by atoms with van der Waals surface area (Å²) in [5.74, 6) is 0. The van der Waals surface area contributed by atoms with Crippen LogP contribution in [0.25, 0.3) is 10.2 Å². The molecule has 1 atom stereocenters. The molecule has 0 aliphatic rings. The van der Waals surface area contributed by atoms with Gasteiger partial charge in [0.2, 0.25) is 0 Å². The van der Waals surface area contributed by atoms with Gasteiger partial charge in [0.1, 0.15) is 5.01 Å². The summed E-state index contributed by atoms with van der Waals surface area (Å²) in [6, 6.07) is 18.1. The number of hydrogen-bond acceptors (Lipinski definition) is 3. The van der Waals surface area contributed by atoms with E-state index in [1.807, 2.05) is 48.5 Å². The fourth-order valence-corrected chi connectivity index (χ4v) is 2.82. The Morgan fingerprint density at radius 1 is 0.944 bits per heavy atom. The Bertz CT molecular complexity index is 603. The van der Waals surface area contributed by atoms with Gasteiger partial charge in [0.25, 0.3) is 0 Å². The Labute approximate surface area is 116 Å². The summed E-state index contributed by atoms with van der Waals surface area (Å²) in [5.41, 5.74) is 8.36. The van der Waals surface area contributed by atoms with E-state index < -0.39 is 0 Å². The number of para-hydroxylation sites is 1. The number of nitrogens with two attached hydrogens (primary N) is 1. The lowest BCUT2D eigenvalue weighted by molar-refractivity contribution is 0.862. The van der Waals surface area contributed by atoms with Gasteiger partial charge in [-0.2, -0.15) is 0 Å². The Morgan fingerprint density at radius 3 is 2.33 bits per heavy atom. The molecule has 0 aliphatic heterocycles. The summed E-state index contributed by atoms with van der Waals surface area (Å²) in [7, 11) is 0. The zero-order chi connectivity index (χ0) is 11.7. The molecular formula is C14H13ClN2S. The van der Waals surface area contributed by atoms with Gasteiger partial charge in [0.05, 0.1) is 16.3 Å². The Balaban J connectivity index is 0.00000120. The highest BCUT2D eigenvalue weighted by Crippen LogP contribution is 2.28. The second kappa shape index (κ2) is 5.48. The maximum atomic E-state index is 6.23. The van der Waals surface area contributed by atoms with Gasteiger partial charge in [0, 0.05) is 0 Å². The predicted octanol–water partition coefficient (Wildman–Crippen LogP) is 3.77. The molecule has 2 aromatic carbocycles. The van der Waals surface area contributed by atoms with Crippen LogP contribution in [0.4, 0.5) is 0 Å². The molecule has 1 unspecified atom stereocenters. The monoisotopic (exact) mass is 276 g/mol. The van der Waals surface area contributed by atoms with Crippen LogP contribution in [-0.4, -0.2) is 4.98 Å². The molecule has 0 bridgehead atoms. The van der Waals surface area contributed by atoms with Crippen LogP contribution < -0.4 is 5.73 Å². The summed E-state index contributed by atoms with van der Waals surface area (Å²) in [4.78, 5) is 4.58. The lowest BCUT2D eigenvalue weighted by atomic mass is 10.1. The van der Waals surface area contributed by atoms with Gasteiger partial charge in [-0.05, 0) is 17.7 Å². The van der Waals surface area contributed by atoms with Crippen molar-refractivity contribution in [2.75, 3.05) is 0 Å². The first-order chi connectivity index (χ1) is 8.34. The third kappa shape index (κ3) is 2.38. The number of rotatable bonds is 2. The Hall–Kier alpha value is -1.42. The minimum atomic E-state index is -0.131. The number of thiazole rings is 1. The van der Waals surface area contributed by atoms with E-state index in [4.69, 9.17) is 5.73 Å². The molecule has 0 saturated carbocycles. The minimum Gasteiger partial charge on any atom is -0.318 e. The van der Waals surface area contributed by atoms with Crippen LogP contribution in [-0.2, 0) is 0 Å². The maximum absolute atomic E-state index is 6.23. The highest BCUT2D eigenvalue weighted by Gasteiger charge is 2.13. The van der Waals surface area contributed by atoms with Crippen molar-refractivity contribution in [3.8, 4) is 0 Å². The van der Waals surface area contributed by atoms with Crippen molar-refractivity contribution in [3.05, 3.63) is 65.2 Å². The van der Waals surface area contributed by atoms with Crippen molar-refractivity contribution in [1.29, 1.82) is 0 Å². The van der Waals surface area contributed by atoms with E-state index in [9.17, 15) is 0 Å². The molecule has 4 heteroatoms. The molecule has 3 aromatic rings. The number of nitrogens with zero attached hydrogens (tertiary/aromatic N) is 1. The van der Waals surface area contributed by atoms with E-state index in [0.29, 0.717) is 0 Å². The summed E-state index contributed by atoms with van der Waals surface area (Å²) in [6.45, 7) is 0. The number of fused-ring (bicyclic) bond motifs is 1. The van der Waals surface area contributed by atoms with Crippen molar-refractivity contribution in [3.63, 3.8) is 0 Å². The van der Waals surface area contributed by atoms with Crippen molar-refractivity contribution < 1.29 is 0 Å². The van der Waals surface area contributed by atoms with Crippen molar-refractivity contribution in [2.24, 2.45) is 5.73 Å². The summed E-state index contributed by atoms with van der Waals surface area (Å²) in [5, 5.41) is 0.970. The molecule has 3 rings (SSSR count). The van der Waals surface area contributed by atoms with Crippen LogP contribution in [0.15, 0.2) is 54.6 Å². The van der Waals surface area contributed by atoms with Crippen LogP contribution in [0, 0.1) is 0 Å². The molecule has 1 heterocycles. The van der Waals surface area contributed by atoms with E-state index in [-0.39, 0.29) is 18.4 Å². The van der Waals surface area contributed by atoms with Crippen LogP contribution in [0.1, 0.15) is 16.6 Å². The molecule has 0 saturated heterocycles. The molecule has 0 amide bonds. The van der Waals surface area contributed by atoms with Crippen LogP contribution in [0.3, 0.4) is 0 Å². The zero-order valence-corrected chi connectivity index (χ0v) is 11.2. The molecule has 1 aromatic heterocycles. The van der Waals surface area contributed by atoms with Gasteiger partial charge >= 0.3 is 0 Å². The number of halogens is 1. The smallest absolute Gasteiger partial charge is 0.115 e. The molecule has 0 fully saturated rings. The maximum Gasteiger partial charge on any atom is 0.115 e. The summed E-state index contributed by atoms with van der Waals surface area (Å²) >= 11 is 1.66. The molecule has 0 spiro atoms. The topological polar surface area (TPSA) is 38.9 Å². The molecule has 2 nitrogen and oxygen atoms in total. The average molecular weight is 277 g/mol. The lowest BCUT2D eigenvalue weighted by Gasteiger charge is -2.07. The minimum absolute atomic E-state index is 0. The lowest BCUT2D eigenvalue weighted by Crippen LogP contribution is -2.10. The Kier molecular flexibility index (Phi) is 3.97. The van der Waals surface area contributed by atoms with Crippen molar-refractivity contribution in [2.45, 2.75) is 6.04 Å². The highest BCUT2D eigenvalue weighted by molar-refractivity contribution is 7.18. The number of benzene rings is 2. The molecule has 0 aliphatic carbocycles. The fourth-order valence-electron chi connectivity index (χ4n) is 1.83. The predicted molar refractivity (Wildman–Crippen MR) is 79.3 cm³/mol. The average Bonchev–Trinajstić information content (AvgIpc) is 2.82. The first-order valence-electron chi connectivity index (χ1n) is 5.50. The molecule has 18 heavy (non-hydrogen) atoms. The first-order valence-corrected chi connectivity index (χ1v) is 6.32. The summed E-state index contributed by atoms with van der Waals surface area (Å²) in [6.07, 6.45) is 0. The first kappa shape index (κ1) is 13.0. The van der Waals surface area contributed by atoms with E-state index in [2.05, 4.69) is 11.1 Å². The van der Waals surface area contributed by atoms with Gasteiger partial charge in [-0.1, -0.05) is 42.5 Å². The second-order valence-corrected chi connectivity index (χ2v) is 4.97. The van der Waals surface area contributed by atoms with Gasteiger partial charge in [-0.15, -0.1) is 23.7 Å². The zero-order valence-electron chi connectivity index (χ0n) is 9.61. The van der Waals surface area contributed by atoms with Crippen LogP contribution in [0.2, 0.25) is 0 Å². The molecule has 92 valence electrons. The number of aromatic nitrogens is 1. The van der Waals surface area contributed by atoms with Gasteiger partial charge in [-0.3, -0.25) is 0 Å². The van der Waals surface area contributed by atoms with E-state index in [1.54, 1.807) is 11.3 Å². The standard InChI is InChI=1S/C14H12N2S.ClH/c15-13(10-6-2-1-3-7-10)14-16-11-8-4-5-9-12(11)17-14;/h1-9,13H,15H2;1H. The van der Waals surface area contributed by atoms with Crippen LogP contribution in [0.5, 0.6) is 0 Å². The third-order valence-electron chi connectivity index (χ3n) is 2.74. The van der Waals surface area contributed by atoms with E-state index >= 15 is 0 Å². The van der Waals surface area contributed by atoms with Gasteiger partial charge < -0.3 is 5.73 Å². The van der Waals surface area contributed by atoms with E-state index in [0.717, 1.165) is 16.1 Å². The molecule has 2 N–H and O–H groups in total. The third-order valence-corrected chi connectivity index (χ3v) is 3.85. The van der Waals surface area contributed by atoms with Crippen molar-refractivity contribution in [1.82, 2.24) is 4.98 Å².